The summed E-state index contributed by atoms with van der Waals surface area (Å²) in [6, 6.07) is 13.1. The number of hydrogen-bond donors (Lipinski definition) is 2. The lowest BCUT2D eigenvalue weighted by Crippen LogP contribution is -2.32. The van der Waals surface area contributed by atoms with Crippen LogP contribution in [0.2, 0.25) is 0 Å². The van der Waals surface area contributed by atoms with E-state index in [-0.39, 0.29) is 17.3 Å². The van der Waals surface area contributed by atoms with Crippen molar-refractivity contribution in [3.63, 3.8) is 0 Å². The van der Waals surface area contributed by atoms with Gasteiger partial charge in [-0.2, -0.15) is 0 Å². The van der Waals surface area contributed by atoms with E-state index in [4.69, 9.17) is 0 Å². The Morgan fingerprint density at radius 2 is 1.83 bits per heavy atom. The summed E-state index contributed by atoms with van der Waals surface area (Å²) in [7, 11) is -3.65. The molecule has 0 fully saturated rings. The van der Waals surface area contributed by atoms with E-state index >= 15 is 0 Å². The minimum Gasteiger partial charge on any atom is -0.324 e. The van der Waals surface area contributed by atoms with Crippen molar-refractivity contribution in [2.24, 2.45) is 0 Å². The number of fused-ring (bicyclic) bond motifs is 1. The molecule has 0 aliphatic carbocycles. The zero-order chi connectivity index (χ0) is 21.0. The molecule has 0 aromatic heterocycles. The third kappa shape index (κ3) is 4.55. The molecule has 0 radical (unpaired) electrons. The number of hydrogen-bond acceptors (Lipinski definition) is 4. The van der Waals surface area contributed by atoms with Crippen molar-refractivity contribution in [3.8, 4) is 0 Å². The highest BCUT2D eigenvalue weighted by Gasteiger charge is 2.31. The second-order valence-corrected chi connectivity index (χ2v) is 8.48. The average Bonchev–Trinajstić information content (AvgIpc) is 2.93. The molecule has 0 spiro atoms. The molecule has 3 rings (SSSR count). The number of carbonyl (C=O) groups is 2. The first-order chi connectivity index (χ1) is 13.8. The average molecular weight is 413 g/mol. The van der Waals surface area contributed by atoms with Crippen LogP contribution in [-0.4, -0.2) is 38.2 Å². The van der Waals surface area contributed by atoms with Gasteiger partial charge in [0.25, 0.3) is 5.91 Å². The van der Waals surface area contributed by atoms with Gasteiger partial charge in [-0.05, 0) is 30.7 Å². The first kappa shape index (κ1) is 20.8. The van der Waals surface area contributed by atoms with Gasteiger partial charge in [0.1, 0.15) is 6.54 Å². The van der Waals surface area contributed by atoms with Gasteiger partial charge in [0.15, 0.2) is 0 Å². The number of sulfonamides is 1. The minimum absolute atomic E-state index is 0.0699. The van der Waals surface area contributed by atoms with Crippen molar-refractivity contribution >= 4 is 33.2 Å². The molecule has 0 atom stereocenters. The van der Waals surface area contributed by atoms with Crippen molar-refractivity contribution in [1.82, 2.24) is 9.62 Å². The van der Waals surface area contributed by atoms with Crippen LogP contribution in [0.3, 0.4) is 0 Å². The Balaban J connectivity index is 1.68. The molecule has 7 nitrogen and oxygen atoms in total. The van der Waals surface area contributed by atoms with E-state index in [1.54, 1.807) is 36.4 Å². The number of nitrogens with one attached hydrogen (secondary N) is 2. The van der Waals surface area contributed by atoms with E-state index in [1.165, 1.54) is 17.0 Å². The number of benzene rings is 2. The van der Waals surface area contributed by atoms with Gasteiger partial charge < -0.3 is 5.32 Å². The van der Waals surface area contributed by atoms with Gasteiger partial charge in [0, 0.05) is 29.1 Å². The maximum absolute atomic E-state index is 12.5. The Hall–Kier alpha value is -2.97. The summed E-state index contributed by atoms with van der Waals surface area (Å²) >= 11 is 0. The maximum atomic E-state index is 12.5. The van der Waals surface area contributed by atoms with Gasteiger partial charge in [-0.15, -0.1) is 0 Å². The Morgan fingerprint density at radius 1 is 1.10 bits per heavy atom. The third-order valence-corrected chi connectivity index (χ3v) is 6.05. The number of amides is 2. The van der Waals surface area contributed by atoms with Crippen LogP contribution in [0.15, 0.2) is 60.0 Å². The van der Waals surface area contributed by atoms with Gasteiger partial charge in [-0.1, -0.05) is 44.2 Å². The zero-order valence-electron chi connectivity index (χ0n) is 16.1. The fourth-order valence-electron chi connectivity index (χ4n) is 3.05. The molecule has 29 heavy (non-hydrogen) atoms. The lowest BCUT2D eigenvalue weighted by Gasteiger charge is -2.17. The Bertz CT molecular complexity index is 1030. The lowest BCUT2D eigenvalue weighted by molar-refractivity contribution is -0.116. The Kier molecular flexibility index (Phi) is 6.14. The topological polar surface area (TPSA) is 95.6 Å². The number of nitrogens with zero attached hydrogens (tertiary/aromatic N) is 1. The summed E-state index contributed by atoms with van der Waals surface area (Å²) in [5, 5.41) is 2.65. The molecule has 2 amide bonds. The lowest BCUT2D eigenvalue weighted by atomic mass is 10.1. The molecule has 0 saturated heterocycles. The monoisotopic (exact) mass is 413 g/mol. The predicted octanol–water partition coefficient (Wildman–Crippen LogP) is 2.83. The van der Waals surface area contributed by atoms with Crippen LogP contribution in [0, 0.1) is 0 Å². The molecule has 1 aliphatic heterocycles. The molecular formula is C21H23N3O4S. The second kappa shape index (κ2) is 8.59. The van der Waals surface area contributed by atoms with Crippen LogP contribution in [0.25, 0.3) is 5.70 Å². The van der Waals surface area contributed by atoms with E-state index in [0.717, 1.165) is 12.8 Å². The zero-order valence-corrected chi connectivity index (χ0v) is 17.0. The van der Waals surface area contributed by atoms with Crippen LogP contribution in [0.5, 0.6) is 0 Å². The normalized spacial score (nSPS) is 13.5. The number of unbranched alkanes of at least 4 members (excludes halogenated alkanes) is 1. The van der Waals surface area contributed by atoms with Crippen molar-refractivity contribution in [2.45, 2.75) is 24.7 Å². The predicted molar refractivity (Wildman–Crippen MR) is 112 cm³/mol. The molecule has 1 aliphatic rings. The molecule has 2 aromatic rings. The molecular weight excluding hydrogens is 390 g/mol. The standard InChI is InChI=1S/C21H23N3O4S/c1-3-4-12-22-29(27,28)17-9-7-8-16(13-17)23-20(25)14-24-15(2)18-10-5-6-11-19(18)21(24)26/h5-11,13,22H,2-4,12,14H2,1H3,(H,23,25). The fourth-order valence-corrected chi connectivity index (χ4v) is 4.17. The largest absolute Gasteiger partial charge is 0.324 e. The molecule has 0 saturated carbocycles. The van der Waals surface area contributed by atoms with E-state index in [0.29, 0.717) is 29.1 Å². The number of anilines is 1. The SMILES string of the molecule is C=C1c2ccccc2C(=O)N1CC(=O)Nc1cccc(S(=O)(=O)NCCCC)c1. The van der Waals surface area contributed by atoms with Crippen LogP contribution < -0.4 is 10.0 Å². The van der Waals surface area contributed by atoms with Crippen LogP contribution in [-0.2, 0) is 14.8 Å². The maximum Gasteiger partial charge on any atom is 0.259 e. The molecule has 0 bridgehead atoms. The summed E-state index contributed by atoms with van der Waals surface area (Å²) in [5.74, 6) is -0.724. The van der Waals surface area contributed by atoms with E-state index in [1.807, 2.05) is 6.92 Å². The molecule has 2 aromatic carbocycles. The quantitative estimate of drug-likeness (QED) is 0.651. The summed E-state index contributed by atoms with van der Waals surface area (Å²) in [6.07, 6.45) is 1.62. The van der Waals surface area contributed by atoms with Crippen LogP contribution in [0.4, 0.5) is 5.69 Å². The molecule has 152 valence electrons. The van der Waals surface area contributed by atoms with E-state index in [9.17, 15) is 18.0 Å². The molecule has 2 N–H and O–H groups in total. The first-order valence-corrected chi connectivity index (χ1v) is 10.8. The highest BCUT2D eigenvalue weighted by atomic mass is 32.2. The van der Waals surface area contributed by atoms with Gasteiger partial charge in [0.2, 0.25) is 15.9 Å². The summed E-state index contributed by atoms with van der Waals surface area (Å²) < 4.78 is 27.2. The van der Waals surface area contributed by atoms with Gasteiger partial charge >= 0.3 is 0 Å². The summed E-state index contributed by atoms with van der Waals surface area (Å²) in [6.45, 7) is 6.03. The highest BCUT2D eigenvalue weighted by molar-refractivity contribution is 7.89. The molecule has 8 heteroatoms. The van der Waals surface area contributed by atoms with Crippen molar-refractivity contribution in [3.05, 3.63) is 66.2 Å². The van der Waals surface area contributed by atoms with Gasteiger partial charge in [0.05, 0.1) is 4.90 Å². The van der Waals surface area contributed by atoms with Crippen molar-refractivity contribution in [1.29, 1.82) is 0 Å². The summed E-state index contributed by atoms with van der Waals surface area (Å²) in [5.41, 5.74) is 2.02. The van der Waals surface area contributed by atoms with Crippen molar-refractivity contribution in [2.75, 3.05) is 18.4 Å². The Morgan fingerprint density at radius 3 is 2.52 bits per heavy atom. The second-order valence-electron chi connectivity index (χ2n) is 6.71. The van der Waals surface area contributed by atoms with Gasteiger partial charge in [-0.25, -0.2) is 13.1 Å². The summed E-state index contributed by atoms with van der Waals surface area (Å²) in [4.78, 5) is 26.4. The Labute approximate surface area is 170 Å². The fraction of sp³-hybridized carbons (Fsp3) is 0.238. The number of carbonyl (C=O) groups excluding carboxylic acids is 2. The smallest absolute Gasteiger partial charge is 0.259 e. The van der Waals surface area contributed by atoms with E-state index in [2.05, 4.69) is 16.6 Å². The number of rotatable bonds is 8. The van der Waals surface area contributed by atoms with Crippen molar-refractivity contribution < 1.29 is 18.0 Å². The van der Waals surface area contributed by atoms with Crippen LogP contribution >= 0.6 is 0 Å². The highest BCUT2D eigenvalue weighted by Crippen LogP contribution is 2.30. The van der Waals surface area contributed by atoms with E-state index < -0.39 is 15.9 Å². The third-order valence-electron chi connectivity index (χ3n) is 4.59. The van der Waals surface area contributed by atoms with Crippen LogP contribution in [0.1, 0.15) is 35.7 Å². The first-order valence-electron chi connectivity index (χ1n) is 9.33. The minimum atomic E-state index is -3.65. The molecule has 0 unspecified atom stereocenters. The molecule has 1 heterocycles. The van der Waals surface area contributed by atoms with Gasteiger partial charge in [-0.3, -0.25) is 14.5 Å².